The van der Waals surface area contributed by atoms with Gasteiger partial charge in [0, 0.05) is 0 Å². The largest absolute Gasteiger partial charge is 0.506 e. The standard InChI is InChI=1S/C25H26N6O6S/c1-4-37-20-10-5-7-16(27-20)23-29-22-24(31(23)21-17(32)8-6-9-18(21)36-3)28-19(13-26-22)30-38(34,35)14-15-11-25(2,33)12-15/h6,8-10,13,15,32-33H,4,11-12,14H2,1-3H3,(H,28,30)/t15-,25-. The van der Waals surface area contributed by atoms with Crippen LogP contribution in [0, 0.1) is 5.92 Å². The lowest BCUT2D eigenvalue weighted by atomic mass is 9.73. The quantitative estimate of drug-likeness (QED) is 0.366. The number of nitrogens with zero attached hydrogens (tertiary/aromatic N) is 5. The van der Waals surface area contributed by atoms with Crippen molar-refractivity contribution in [3.05, 3.63) is 47.8 Å². The maximum absolute atomic E-state index is 12.8. The minimum atomic E-state index is -3.78. The van der Waals surface area contributed by atoms with E-state index in [1.807, 2.05) is 6.92 Å². The van der Waals surface area contributed by atoms with Crippen molar-refractivity contribution in [3.63, 3.8) is 0 Å². The van der Waals surface area contributed by atoms with E-state index >= 15 is 0 Å². The Balaban J connectivity index is 1.62. The molecule has 0 radical (unpaired) electrons. The van der Waals surface area contributed by atoms with E-state index in [1.54, 1.807) is 19.1 Å². The number of sulfonamides is 1. The predicted octanol–water partition coefficient (Wildman–Crippen LogP) is 2.53. The second-order valence-corrected chi connectivity index (χ2v) is 11.1. The monoisotopic (exact) mass is 538 g/mol. The molecule has 1 aromatic carbocycles. The molecule has 0 bridgehead atoms. The molecule has 5 rings (SSSR count). The summed E-state index contributed by atoms with van der Waals surface area (Å²) in [5.74, 6) is 0.330. The summed E-state index contributed by atoms with van der Waals surface area (Å²) in [6.07, 6.45) is 3.61. The molecular weight excluding hydrogens is 512 g/mol. The number of imidazole rings is 1. The molecule has 0 atom stereocenters. The zero-order chi connectivity index (χ0) is 27.1. The molecule has 2 aliphatic rings. The molecule has 0 amide bonds. The van der Waals surface area contributed by atoms with Crippen LogP contribution in [0.25, 0.3) is 22.7 Å². The molecule has 3 heterocycles. The minimum absolute atomic E-state index is 0.0303. The number of nitrogens with one attached hydrogen (secondary N) is 1. The molecular formula is C25H26N6O6S. The topological polar surface area (TPSA) is 161 Å². The molecule has 3 N–H and O–H groups in total. The third-order valence-electron chi connectivity index (χ3n) is 6.08. The Morgan fingerprint density at radius 1 is 1.29 bits per heavy atom. The van der Waals surface area contributed by atoms with Crippen molar-refractivity contribution in [1.29, 1.82) is 0 Å². The van der Waals surface area contributed by atoms with Crippen LogP contribution in [-0.4, -0.2) is 69.1 Å². The van der Waals surface area contributed by atoms with Crippen LogP contribution < -0.4 is 9.46 Å². The van der Waals surface area contributed by atoms with Crippen LogP contribution in [0.1, 0.15) is 32.5 Å². The van der Waals surface area contributed by atoms with Gasteiger partial charge in [-0.1, -0.05) is 11.8 Å². The highest BCUT2D eigenvalue weighted by Crippen LogP contribution is 2.39. The van der Waals surface area contributed by atoms with Crippen LogP contribution in [0.2, 0.25) is 0 Å². The summed E-state index contributed by atoms with van der Waals surface area (Å²) >= 11 is 0. The summed E-state index contributed by atoms with van der Waals surface area (Å²) < 4.78 is 40.5. The molecule has 0 unspecified atom stereocenters. The number of aliphatic hydroxyl groups is 1. The molecule has 2 aromatic heterocycles. The fourth-order valence-corrected chi connectivity index (χ4v) is 6.01. The number of phenolic OH excluding ortho intramolecular Hbond substituents is 1. The molecule has 0 saturated heterocycles. The van der Waals surface area contributed by atoms with Crippen molar-refractivity contribution >= 4 is 38.7 Å². The number of anilines is 1. The number of para-hydroxylation sites is 1. The van der Waals surface area contributed by atoms with E-state index in [1.165, 1.54) is 30.0 Å². The van der Waals surface area contributed by atoms with Crippen molar-refractivity contribution < 1.29 is 28.1 Å². The first-order valence-electron chi connectivity index (χ1n) is 11.9. The van der Waals surface area contributed by atoms with Crippen molar-refractivity contribution in [1.82, 2.24) is 19.5 Å². The summed E-state index contributed by atoms with van der Waals surface area (Å²) in [7, 11) is -2.32. The zero-order valence-corrected chi connectivity index (χ0v) is 21.8. The Morgan fingerprint density at radius 2 is 2.08 bits per heavy atom. The average molecular weight is 539 g/mol. The Bertz CT molecular complexity index is 1650. The maximum Gasteiger partial charge on any atom is 0.234 e. The number of hydrogen-bond donors (Lipinski definition) is 3. The second-order valence-electron chi connectivity index (χ2n) is 9.30. The number of rotatable bonds is 8. The Kier molecular flexibility index (Phi) is 6.46. The summed E-state index contributed by atoms with van der Waals surface area (Å²) in [6, 6.07) is 4.74. The molecule has 1 saturated carbocycles. The van der Waals surface area contributed by atoms with E-state index in [0.29, 0.717) is 31.1 Å². The van der Waals surface area contributed by atoms with Crippen molar-refractivity contribution in [2.45, 2.75) is 32.3 Å². The minimum Gasteiger partial charge on any atom is -0.506 e. The van der Waals surface area contributed by atoms with Gasteiger partial charge in [0.05, 0.1) is 37.3 Å². The molecule has 1 aliphatic heterocycles. The number of fused-ring (bicyclic) bond motifs is 1. The van der Waals surface area contributed by atoms with Gasteiger partial charge in [0.2, 0.25) is 15.9 Å². The molecule has 1 aliphatic carbocycles. The molecule has 198 valence electrons. The second kappa shape index (κ2) is 9.62. The number of aromatic hydroxyl groups is 1. The first-order valence-corrected chi connectivity index (χ1v) is 13.5. The van der Waals surface area contributed by atoms with Gasteiger partial charge in [-0.25, -0.2) is 28.4 Å². The number of aromatic nitrogens is 4. The highest BCUT2D eigenvalue weighted by Gasteiger charge is 2.40. The fourth-order valence-electron chi connectivity index (χ4n) is 4.65. The van der Waals surface area contributed by atoms with E-state index in [2.05, 4.69) is 36.1 Å². The van der Waals surface area contributed by atoms with Gasteiger partial charge in [-0.15, -0.1) is 0 Å². The van der Waals surface area contributed by atoms with Crippen LogP contribution in [0.5, 0.6) is 11.5 Å². The van der Waals surface area contributed by atoms with Gasteiger partial charge in [0.25, 0.3) is 0 Å². The number of hydrogen-bond acceptors (Lipinski definition) is 10. The SMILES string of the molecule is CCOC1=NC(c2nc3ncc(NS(=O)(=O)C[C@H]4C[C@](C)(O)C4)nc3n2-c2c(O)cccc2OC)=C=C=C1. The lowest BCUT2D eigenvalue weighted by molar-refractivity contribution is -0.0494. The van der Waals surface area contributed by atoms with E-state index in [0.717, 1.165) is 0 Å². The third kappa shape index (κ3) is 5.00. The highest BCUT2D eigenvalue weighted by molar-refractivity contribution is 7.92. The van der Waals surface area contributed by atoms with Crippen LogP contribution >= 0.6 is 0 Å². The molecule has 38 heavy (non-hydrogen) atoms. The van der Waals surface area contributed by atoms with Crippen LogP contribution in [0.15, 0.2) is 46.9 Å². The third-order valence-corrected chi connectivity index (χ3v) is 7.51. The molecule has 1 fully saturated rings. The van der Waals surface area contributed by atoms with Crippen molar-refractivity contribution in [3.8, 4) is 17.2 Å². The molecule has 3 aromatic rings. The van der Waals surface area contributed by atoms with Gasteiger partial charge in [-0.3, -0.25) is 9.29 Å². The lowest BCUT2D eigenvalue weighted by Crippen LogP contribution is -2.44. The van der Waals surface area contributed by atoms with Crippen LogP contribution in [-0.2, 0) is 14.8 Å². The summed E-state index contributed by atoms with van der Waals surface area (Å²) in [5, 5.41) is 20.8. The van der Waals surface area contributed by atoms with E-state index in [9.17, 15) is 18.6 Å². The van der Waals surface area contributed by atoms with Crippen molar-refractivity contribution in [2.24, 2.45) is 10.9 Å². The van der Waals surface area contributed by atoms with Crippen LogP contribution in [0.3, 0.4) is 0 Å². The van der Waals surface area contributed by atoms with Gasteiger partial charge in [0.1, 0.15) is 17.2 Å². The molecule has 13 heteroatoms. The first kappa shape index (κ1) is 25.5. The molecule has 0 spiro atoms. The Hall–Kier alpha value is -4.15. The van der Waals surface area contributed by atoms with E-state index in [4.69, 9.17) is 9.47 Å². The fraction of sp³-hybridized carbons (Fsp3) is 0.360. The van der Waals surface area contributed by atoms with Gasteiger partial charge >= 0.3 is 0 Å². The number of benzene rings is 1. The smallest absolute Gasteiger partial charge is 0.234 e. The van der Waals surface area contributed by atoms with E-state index in [-0.39, 0.29) is 51.7 Å². The van der Waals surface area contributed by atoms with Gasteiger partial charge in [-0.05, 0) is 50.5 Å². The predicted molar refractivity (Wildman–Crippen MR) is 140 cm³/mol. The summed E-state index contributed by atoms with van der Waals surface area (Å²) in [4.78, 5) is 17.8. The van der Waals surface area contributed by atoms with Crippen LogP contribution in [0.4, 0.5) is 5.82 Å². The van der Waals surface area contributed by atoms with Crippen molar-refractivity contribution in [2.75, 3.05) is 24.2 Å². The normalized spacial score (nSPS) is 20.6. The number of phenols is 1. The van der Waals surface area contributed by atoms with Gasteiger partial charge in [0.15, 0.2) is 28.6 Å². The zero-order valence-electron chi connectivity index (χ0n) is 21.0. The first-order chi connectivity index (χ1) is 18.1. The van der Waals surface area contributed by atoms with Gasteiger partial charge in [-0.2, -0.15) is 0 Å². The number of ether oxygens (including phenoxy) is 2. The summed E-state index contributed by atoms with van der Waals surface area (Å²) in [6.45, 7) is 3.89. The summed E-state index contributed by atoms with van der Waals surface area (Å²) in [5.41, 5.74) is 5.66. The Morgan fingerprint density at radius 3 is 2.79 bits per heavy atom. The maximum atomic E-state index is 12.8. The molecule has 12 nitrogen and oxygen atoms in total. The van der Waals surface area contributed by atoms with Gasteiger partial charge < -0.3 is 19.7 Å². The highest BCUT2D eigenvalue weighted by atomic mass is 32.2. The Labute approximate surface area is 218 Å². The van der Waals surface area contributed by atoms with E-state index < -0.39 is 15.6 Å². The number of methoxy groups -OCH3 is 1. The average Bonchev–Trinajstić information content (AvgIpc) is 3.21. The number of aliphatic imine (C=N–C) groups is 1. The lowest BCUT2D eigenvalue weighted by Gasteiger charge is -2.40.